The summed E-state index contributed by atoms with van der Waals surface area (Å²) in [4.78, 5) is 8.02. The Labute approximate surface area is 74.4 Å². The van der Waals surface area contributed by atoms with Crippen LogP contribution in [0.3, 0.4) is 0 Å². The van der Waals surface area contributed by atoms with E-state index in [4.69, 9.17) is 5.73 Å². The van der Waals surface area contributed by atoms with E-state index in [2.05, 4.69) is 20.3 Å². The Morgan fingerprint density at radius 2 is 2.08 bits per heavy atom. The number of aromatic nitrogens is 5. The second-order valence-electron chi connectivity index (χ2n) is 2.57. The van der Waals surface area contributed by atoms with E-state index in [1.165, 1.54) is 6.20 Å². The Kier molecular flexibility index (Phi) is 1.66. The summed E-state index contributed by atoms with van der Waals surface area (Å²) in [5, 5.41) is 7.52. The predicted octanol–water partition coefficient (Wildman–Crippen LogP) is -0.146. The average molecular weight is 176 g/mol. The van der Waals surface area contributed by atoms with Crippen molar-refractivity contribution >= 4 is 5.82 Å². The summed E-state index contributed by atoms with van der Waals surface area (Å²) >= 11 is 0. The molecule has 13 heavy (non-hydrogen) atoms. The third kappa shape index (κ3) is 1.33. The van der Waals surface area contributed by atoms with Gasteiger partial charge in [0.25, 0.3) is 0 Å². The van der Waals surface area contributed by atoms with E-state index in [9.17, 15) is 0 Å². The van der Waals surface area contributed by atoms with Gasteiger partial charge in [-0.1, -0.05) is 5.21 Å². The first kappa shape index (κ1) is 7.66. The lowest BCUT2D eigenvalue weighted by molar-refractivity contribution is 0.719. The minimum absolute atomic E-state index is 0.402. The molecule has 2 aromatic heterocycles. The smallest absolute Gasteiger partial charge is 0.141 e. The van der Waals surface area contributed by atoms with Crippen molar-refractivity contribution in [3.8, 4) is 11.4 Å². The van der Waals surface area contributed by atoms with Gasteiger partial charge in [-0.2, -0.15) is 0 Å². The largest absolute Gasteiger partial charge is 0.382 e. The highest BCUT2D eigenvalue weighted by molar-refractivity contribution is 5.52. The van der Waals surface area contributed by atoms with Crippen molar-refractivity contribution < 1.29 is 0 Å². The third-order valence-electron chi connectivity index (χ3n) is 1.65. The van der Waals surface area contributed by atoms with Gasteiger partial charge >= 0.3 is 0 Å². The molecular weight excluding hydrogens is 168 g/mol. The van der Waals surface area contributed by atoms with Gasteiger partial charge in [0.1, 0.15) is 17.2 Å². The van der Waals surface area contributed by atoms with Crippen LogP contribution in [-0.4, -0.2) is 25.0 Å². The van der Waals surface area contributed by atoms with Crippen molar-refractivity contribution in [2.75, 3.05) is 5.73 Å². The normalized spacial score (nSPS) is 10.2. The van der Waals surface area contributed by atoms with Crippen LogP contribution in [0, 0.1) is 0 Å². The summed E-state index contributed by atoms with van der Waals surface area (Å²) in [6.07, 6.45) is 4.72. The number of anilines is 1. The van der Waals surface area contributed by atoms with Gasteiger partial charge in [0, 0.05) is 7.05 Å². The SMILES string of the molecule is Cn1nncc1-c1cnc(N)cn1. The Hall–Kier alpha value is -1.98. The molecule has 0 aliphatic rings. The van der Waals surface area contributed by atoms with Crippen LogP contribution in [0.25, 0.3) is 11.4 Å². The molecule has 0 aromatic carbocycles. The summed E-state index contributed by atoms with van der Waals surface area (Å²) in [5.41, 5.74) is 6.93. The molecule has 0 fully saturated rings. The Bertz CT molecular complexity index is 403. The van der Waals surface area contributed by atoms with Crippen molar-refractivity contribution in [3.63, 3.8) is 0 Å². The lowest BCUT2D eigenvalue weighted by Crippen LogP contribution is -1.97. The third-order valence-corrected chi connectivity index (χ3v) is 1.65. The molecule has 0 radical (unpaired) electrons. The summed E-state index contributed by atoms with van der Waals surface area (Å²) in [6.45, 7) is 0. The minimum atomic E-state index is 0.402. The van der Waals surface area contributed by atoms with Crippen molar-refractivity contribution in [3.05, 3.63) is 18.6 Å². The maximum absolute atomic E-state index is 5.41. The monoisotopic (exact) mass is 176 g/mol. The number of nitrogen functional groups attached to an aromatic ring is 1. The summed E-state index contributed by atoms with van der Waals surface area (Å²) in [7, 11) is 1.79. The number of aryl methyl sites for hydroxylation is 1. The number of nitrogens with zero attached hydrogens (tertiary/aromatic N) is 5. The van der Waals surface area contributed by atoms with Gasteiger partial charge in [0.15, 0.2) is 0 Å². The zero-order valence-corrected chi connectivity index (χ0v) is 7.05. The fraction of sp³-hybridized carbons (Fsp3) is 0.143. The van der Waals surface area contributed by atoms with E-state index in [1.807, 2.05) is 0 Å². The van der Waals surface area contributed by atoms with Crippen molar-refractivity contribution in [1.82, 2.24) is 25.0 Å². The van der Waals surface area contributed by atoms with Gasteiger partial charge in [-0.05, 0) is 0 Å². The molecule has 0 aliphatic carbocycles. The van der Waals surface area contributed by atoms with Gasteiger partial charge in [0.05, 0.1) is 18.6 Å². The molecule has 0 bridgehead atoms. The molecule has 0 aliphatic heterocycles. The van der Waals surface area contributed by atoms with Crippen LogP contribution in [0.2, 0.25) is 0 Å². The molecule has 6 heteroatoms. The fourth-order valence-corrected chi connectivity index (χ4v) is 0.992. The van der Waals surface area contributed by atoms with Crippen molar-refractivity contribution in [2.24, 2.45) is 7.05 Å². The van der Waals surface area contributed by atoms with E-state index >= 15 is 0 Å². The number of hydrogen-bond donors (Lipinski definition) is 1. The molecule has 0 saturated heterocycles. The molecule has 0 unspecified atom stereocenters. The first-order valence-corrected chi connectivity index (χ1v) is 3.70. The zero-order valence-electron chi connectivity index (χ0n) is 7.05. The topological polar surface area (TPSA) is 82.5 Å². The molecule has 0 spiro atoms. The van der Waals surface area contributed by atoms with Gasteiger partial charge in [-0.15, -0.1) is 5.10 Å². The Balaban J connectivity index is 2.47. The van der Waals surface area contributed by atoms with Crippen LogP contribution in [0.1, 0.15) is 0 Å². The molecule has 2 aromatic rings. The minimum Gasteiger partial charge on any atom is -0.382 e. The highest BCUT2D eigenvalue weighted by atomic mass is 15.4. The molecule has 2 heterocycles. The van der Waals surface area contributed by atoms with Crippen LogP contribution in [0.15, 0.2) is 18.6 Å². The quantitative estimate of drug-likeness (QED) is 0.653. The van der Waals surface area contributed by atoms with E-state index in [0.717, 1.165) is 5.69 Å². The van der Waals surface area contributed by atoms with Gasteiger partial charge < -0.3 is 5.73 Å². The molecule has 0 atom stereocenters. The summed E-state index contributed by atoms with van der Waals surface area (Å²) < 4.78 is 1.63. The van der Waals surface area contributed by atoms with E-state index in [-0.39, 0.29) is 0 Å². The van der Waals surface area contributed by atoms with Gasteiger partial charge in [-0.3, -0.25) is 0 Å². The highest BCUT2D eigenvalue weighted by Gasteiger charge is 2.04. The van der Waals surface area contributed by atoms with Crippen LogP contribution >= 0.6 is 0 Å². The lowest BCUT2D eigenvalue weighted by Gasteiger charge is -1.98. The Morgan fingerprint density at radius 3 is 2.62 bits per heavy atom. The fourth-order valence-electron chi connectivity index (χ4n) is 0.992. The number of rotatable bonds is 1. The molecular formula is C7H8N6. The summed E-state index contributed by atoms with van der Waals surface area (Å²) in [5.74, 6) is 0.402. The number of hydrogen-bond acceptors (Lipinski definition) is 5. The Morgan fingerprint density at radius 1 is 1.23 bits per heavy atom. The van der Waals surface area contributed by atoms with E-state index < -0.39 is 0 Å². The van der Waals surface area contributed by atoms with Crippen molar-refractivity contribution in [2.45, 2.75) is 0 Å². The highest BCUT2D eigenvalue weighted by Crippen LogP contribution is 2.12. The molecule has 0 amide bonds. The molecule has 6 nitrogen and oxygen atoms in total. The summed E-state index contributed by atoms with van der Waals surface area (Å²) in [6, 6.07) is 0. The lowest BCUT2D eigenvalue weighted by atomic mass is 10.3. The van der Waals surface area contributed by atoms with Crippen LogP contribution in [-0.2, 0) is 7.05 Å². The van der Waals surface area contributed by atoms with E-state index in [0.29, 0.717) is 11.5 Å². The maximum Gasteiger partial charge on any atom is 0.141 e. The van der Waals surface area contributed by atoms with Crippen LogP contribution in [0.5, 0.6) is 0 Å². The average Bonchev–Trinajstić information content (AvgIpc) is 2.53. The molecule has 66 valence electrons. The van der Waals surface area contributed by atoms with Crippen molar-refractivity contribution in [1.29, 1.82) is 0 Å². The van der Waals surface area contributed by atoms with E-state index in [1.54, 1.807) is 24.1 Å². The second-order valence-corrected chi connectivity index (χ2v) is 2.57. The molecule has 2 N–H and O–H groups in total. The van der Waals surface area contributed by atoms with Gasteiger partial charge in [-0.25, -0.2) is 14.6 Å². The van der Waals surface area contributed by atoms with Gasteiger partial charge in [0.2, 0.25) is 0 Å². The predicted molar refractivity (Wildman–Crippen MR) is 46.4 cm³/mol. The first-order chi connectivity index (χ1) is 6.27. The number of nitrogens with two attached hydrogens (primary N) is 1. The first-order valence-electron chi connectivity index (χ1n) is 3.70. The second kappa shape index (κ2) is 2.81. The van der Waals surface area contributed by atoms with Crippen LogP contribution < -0.4 is 5.73 Å². The maximum atomic E-state index is 5.41. The standard InChI is InChI=1S/C7H8N6/c1-13-6(3-11-12-13)5-2-10-7(8)4-9-5/h2-4H,1H3,(H2,8,10). The van der Waals surface area contributed by atoms with Crippen LogP contribution in [0.4, 0.5) is 5.82 Å². The molecule has 2 rings (SSSR count). The zero-order chi connectivity index (χ0) is 9.26. The molecule has 0 saturated carbocycles.